The molecule has 0 unspecified atom stereocenters. The van der Waals surface area contributed by atoms with E-state index in [1.807, 2.05) is 30.3 Å². The molecule has 0 atom stereocenters. The molecule has 108 valence electrons. The lowest BCUT2D eigenvalue weighted by atomic mass is 9.88. The van der Waals surface area contributed by atoms with E-state index >= 15 is 0 Å². The first-order chi connectivity index (χ1) is 10.0. The van der Waals surface area contributed by atoms with Crippen LogP contribution in [0.15, 0.2) is 42.5 Å². The number of hydrogen-bond acceptors (Lipinski definition) is 2. The number of anilines is 1. The SMILES string of the molecule is Nc1ccc(C2(C(=O)Cc3ccc(Cl)c(Cl)c3)CC2)cc1. The lowest BCUT2D eigenvalue weighted by Gasteiger charge is -2.15. The van der Waals surface area contributed by atoms with E-state index in [2.05, 4.69) is 0 Å². The van der Waals surface area contributed by atoms with Gasteiger partial charge < -0.3 is 5.73 Å². The van der Waals surface area contributed by atoms with Gasteiger partial charge in [-0.2, -0.15) is 0 Å². The molecule has 0 bridgehead atoms. The van der Waals surface area contributed by atoms with Crippen LogP contribution < -0.4 is 5.73 Å². The van der Waals surface area contributed by atoms with Crippen LogP contribution in [0.1, 0.15) is 24.0 Å². The predicted molar refractivity (Wildman–Crippen MR) is 86.9 cm³/mol. The molecule has 2 aromatic carbocycles. The van der Waals surface area contributed by atoms with Crippen LogP contribution in [0.5, 0.6) is 0 Å². The van der Waals surface area contributed by atoms with Crippen LogP contribution >= 0.6 is 23.2 Å². The second-order valence-corrected chi connectivity index (χ2v) is 6.37. The first kappa shape index (κ1) is 14.4. The van der Waals surface area contributed by atoms with Crippen molar-refractivity contribution in [1.29, 1.82) is 0 Å². The zero-order valence-electron chi connectivity index (χ0n) is 11.4. The normalized spacial score (nSPS) is 15.7. The largest absolute Gasteiger partial charge is 0.399 e. The van der Waals surface area contributed by atoms with Crippen LogP contribution in [-0.2, 0) is 16.6 Å². The van der Waals surface area contributed by atoms with Gasteiger partial charge in [0.1, 0.15) is 5.78 Å². The number of carbonyl (C=O) groups excluding carboxylic acids is 1. The monoisotopic (exact) mass is 319 g/mol. The Kier molecular flexibility index (Phi) is 3.68. The highest BCUT2D eigenvalue weighted by Gasteiger charge is 2.50. The number of ketones is 1. The van der Waals surface area contributed by atoms with E-state index in [1.165, 1.54) is 0 Å². The van der Waals surface area contributed by atoms with E-state index in [0.29, 0.717) is 22.2 Å². The number of carbonyl (C=O) groups is 1. The summed E-state index contributed by atoms with van der Waals surface area (Å²) in [6, 6.07) is 13.0. The smallest absolute Gasteiger partial charge is 0.147 e. The summed E-state index contributed by atoms with van der Waals surface area (Å²) in [5.41, 5.74) is 8.05. The maximum Gasteiger partial charge on any atom is 0.147 e. The Hall–Kier alpha value is -1.51. The first-order valence-corrected chi connectivity index (χ1v) is 7.60. The molecule has 2 nitrogen and oxygen atoms in total. The minimum absolute atomic E-state index is 0.227. The molecule has 0 heterocycles. The van der Waals surface area contributed by atoms with Gasteiger partial charge in [-0.05, 0) is 48.2 Å². The molecule has 1 aliphatic carbocycles. The summed E-state index contributed by atoms with van der Waals surface area (Å²) in [6.07, 6.45) is 2.18. The molecule has 3 rings (SSSR count). The molecule has 2 aromatic rings. The lowest BCUT2D eigenvalue weighted by molar-refractivity contribution is -0.120. The molecule has 0 aromatic heterocycles. The van der Waals surface area contributed by atoms with Crippen molar-refractivity contribution in [3.05, 3.63) is 63.6 Å². The second-order valence-electron chi connectivity index (χ2n) is 5.55. The number of nitrogens with two attached hydrogens (primary N) is 1. The Morgan fingerprint density at radius 3 is 2.29 bits per heavy atom. The highest BCUT2D eigenvalue weighted by atomic mass is 35.5. The maximum absolute atomic E-state index is 12.7. The third kappa shape index (κ3) is 2.78. The van der Waals surface area contributed by atoms with Crippen molar-refractivity contribution in [3.8, 4) is 0 Å². The van der Waals surface area contributed by atoms with E-state index in [0.717, 1.165) is 24.0 Å². The number of halogens is 2. The summed E-state index contributed by atoms with van der Waals surface area (Å²) in [7, 11) is 0. The molecule has 1 saturated carbocycles. The summed E-state index contributed by atoms with van der Waals surface area (Å²) >= 11 is 11.9. The van der Waals surface area contributed by atoms with Crippen molar-refractivity contribution < 1.29 is 4.79 Å². The summed E-state index contributed by atoms with van der Waals surface area (Å²) in [4.78, 5) is 12.7. The van der Waals surface area contributed by atoms with Gasteiger partial charge in [0, 0.05) is 12.1 Å². The molecule has 4 heteroatoms. The molecule has 1 fully saturated rings. The van der Waals surface area contributed by atoms with Crippen LogP contribution in [0.3, 0.4) is 0 Å². The van der Waals surface area contributed by atoms with Gasteiger partial charge in [0.2, 0.25) is 0 Å². The standard InChI is InChI=1S/C17H15Cl2NO/c18-14-6-1-11(9-15(14)19)10-16(21)17(7-8-17)12-2-4-13(20)5-3-12/h1-6,9H,7-8,10,20H2. The van der Waals surface area contributed by atoms with Crippen LogP contribution in [0, 0.1) is 0 Å². The van der Waals surface area contributed by atoms with Crippen LogP contribution in [0.2, 0.25) is 10.0 Å². The molecule has 0 amide bonds. The van der Waals surface area contributed by atoms with Crippen molar-refractivity contribution in [1.82, 2.24) is 0 Å². The fraction of sp³-hybridized carbons (Fsp3) is 0.235. The third-order valence-electron chi connectivity index (χ3n) is 4.10. The van der Waals surface area contributed by atoms with Gasteiger partial charge in [-0.25, -0.2) is 0 Å². The second kappa shape index (κ2) is 5.36. The number of nitrogen functional groups attached to an aromatic ring is 1. The minimum Gasteiger partial charge on any atom is -0.399 e. The van der Waals surface area contributed by atoms with E-state index in [9.17, 15) is 4.79 Å². The van der Waals surface area contributed by atoms with Crippen molar-refractivity contribution >= 4 is 34.7 Å². The van der Waals surface area contributed by atoms with E-state index in [-0.39, 0.29) is 11.2 Å². The van der Waals surface area contributed by atoms with E-state index in [4.69, 9.17) is 28.9 Å². The number of Topliss-reactive ketones (excluding diaryl/α,β-unsaturated/α-hetero) is 1. The number of rotatable bonds is 4. The van der Waals surface area contributed by atoms with Gasteiger partial charge >= 0.3 is 0 Å². The molecular weight excluding hydrogens is 305 g/mol. The Labute approximate surface area is 133 Å². The average molecular weight is 320 g/mol. The number of benzene rings is 2. The average Bonchev–Trinajstić information content (AvgIpc) is 3.25. The predicted octanol–water partition coefficient (Wildman–Crippen LogP) is 4.42. The zero-order chi connectivity index (χ0) is 15.0. The van der Waals surface area contributed by atoms with Crippen LogP contribution in [0.4, 0.5) is 5.69 Å². The Bertz CT molecular complexity index is 690. The minimum atomic E-state index is -0.334. The van der Waals surface area contributed by atoms with Gasteiger partial charge in [-0.3, -0.25) is 4.79 Å². The van der Waals surface area contributed by atoms with E-state index < -0.39 is 0 Å². The number of hydrogen-bond donors (Lipinski definition) is 1. The van der Waals surface area contributed by atoms with Crippen LogP contribution in [0.25, 0.3) is 0 Å². The van der Waals surface area contributed by atoms with Gasteiger partial charge in [-0.1, -0.05) is 41.4 Å². The lowest BCUT2D eigenvalue weighted by Crippen LogP contribution is -2.22. The molecule has 0 saturated heterocycles. The topological polar surface area (TPSA) is 43.1 Å². The van der Waals surface area contributed by atoms with Crippen LogP contribution in [-0.4, -0.2) is 5.78 Å². The Morgan fingerprint density at radius 1 is 1.05 bits per heavy atom. The fourth-order valence-corrected chi connectivity index (χ4v) is 2.98. The summed E-state index contributed by atoms with van der Waals surface area (Å²) in [6.45, 7) is 0. The van der Waals surface area contributed by atoms with Gasteiger partial charge in [0.05, 0.1) is 15.5 Å². The molecule has 21 heavy (non-hydrogen) atoms. The highest BCUT2D eigenvalue weighted by molar-refractivity contribution is 6.42. The van der Waals surface area contributed by atoms with Gasteiger partial charge in [0.15, 0.2) is 0 Å². The molecular formula is C17H15Cl2NO. The summed E-state index contributed by atoms with van der Waals surface area (Å²) < 4.78 is 0. The quantitative estimate of drug-likeness (QED) is 0.848. The zero-order valence-corrected chi connectivity index (χ0v) is 12.9. The van der Waals surface area contributed by atoms with E-state index in [1.54, 1.807) is 12.1 Å². The first-order valence-electron chi connectivity index (χ1n) is 6.84. The highest BCUT2D eigenvalue weighted by Crippen LogP contribution is 2.49. The summed E-state index contributed by atoms with van der Waals surface area (Å²) in [5.74, 6) is 0.227. The Balaban J connectivity index is 1.81. The molecule has 0 spiro atoms. The van der Waals surface area contributed by atoms with Gasteiger partial charge in [0.25, 0.3) is 0 Å². The molecule has 0 aliphatic heterocycles. The summed E-state index contributed by atoms with van der Waals surface area (Å²) in [5, 5.41) is 0.992. The molecule has 0 radical (unpaired) electrons. The van der Waals surface area contributed by atoms with Crippen molar-refractivity contribution in [2.45, 2.75) is 24.7 Å². The van der Waals surface area contributed by atoms with Gasteiger partial charge in [-0.15, -0.1) is 0 Å². The molecule has 2 N–H and O–H groups in total. The third-order valence-corrected chi connectivity index (χ3v) is 4.83. The Morgan fingerprint density at radius 2 is 1.71 bits per heavy atom. The van der Waals surface area contributed by atoms with Crippen molar-refractivity contribution in [2.75, 3.05) is 5.73 Å². The fourth-order valence-electron chi connectivity index (χ4n) is 2.66. The maximum atomic E-state index is 12.7. The van der Waals surface area contributed by atoms with Crippen molar-refractivity contribution in [3.63, 3.8) is 0 Å². The van der Waals surface area contributed by atoms with Crippen molar-refractivity contribution in [2.24, 2.45) is 0 Å². The molecule has 1 aliphatic rings.